The molecule has 0 bridgehead atoms. The molecule has 0 spiro atoms. The van der Waals surface area contributed by atoms with Crippen molar-refractivity contribution in [2.75, 3.05) is 0 Å². The molecule has 4 aromatic rings. The zero-order chi connectivity index (χ0) is 20.8. The monoisotopic (exact) mass is 564 g/mol. The van der Waals surface area contributed by atoms with E-state index in [1.54, 1.807) is 36.4 Å². The van der Waals surface area contributed by atoms with Gasteiger partial charge in [0.2, 0.25) is 0 Å². The summed E-state index contributed by atoms with van der Waals surface area (Å²) in [4.78, 5) is 25.7. The number of benzene rings is 2. The van der Waals surface area contributed by atoms with Crippen molar-refractivity contribution >= 4 is 69.3 Å². The minimum atomic E-state index is -5.00. The molecule has 0 aliphatic heterocycles. The molecule has 0 saturated carbocycles. The Morgan fingerprint density at radius 1 is 0.759 bits per heavy atom. The molecule has 2 aromatic heterocycles. The van der Waals surface area contributed by atoms with Crippen molar-refractivity contribution in [3.05, 3.63) is 57.7 Å². The van der Waals surface area contributed by atoms with Crippen LogP contribution in [-0.4, -0.2) is 19.8 Å². The van der Waals surface area contributed by atoms with Crippen LogP contribution in [0.1, 0.15) is 0 Å². The number of hydrogen-bond acceptors (Lipinski definition) is 5. The lowest BCUT2D eigenvalue weighted by Gasteiger charge is -2.16. The third kappa shape index (κ3) is 4.62. The maximum atomic E-state index is 12.3. The minimum absolute atomic E-state index is 0.0249. The van der Waals surface area contributed by atoms with Gasteiger partial charge < -0.3 is 19.0 Å². The highest BCUT2D eigenvalue weighted by molar-refractivity contribution is 9.10. The van der Waals surface area contributed by atoms with E-state index in [9.17, 15) is 18.9 Å². The highest BCUT2D eigenvalue weighted by Crippen LogP contribution is 2.60. The number of phosphoric ester groups is 2. The van der Waals surface area contributed by atoms with E-state index < -0.39 is 15.6 Å². The summed E-state index contributed by atoms with van der Waals surface area (Å²) in [5.74, 6) is -0.0497. The van der Waals surface area contributed by atoms with Crippen molar-refractivity contribution in [2.24, 2.45) is 0 Å². The number of halogens is 2. The van der Waals surface area contributed by atoms with Gasteiger partial charge in [-0.05, 0) is 36.4 Å². The first kappa shape index (κ1) is 20.7. The molecule has 0 radical (unpaired) electrons. The van der Waals surface area contributed by atoms with Crippen LogP contribution in [0.5, 0.6) is 11.5 Å². The largest absolute Gasteiger partial charge is 0.537 e. The first-order valence-corrected chi connectivity index (χ1v) is 12.5. The molecular formula is C16H12Br2N2O7P2. The van der Waals surface area contributed by atoms with E-state index in [1.807, 2.05) is 0 Å². The summed E-state index contributed by atoms with van der Waals surface area (Å²) in [6, 6.07) is 10.3. The molecule has 13 heteroatoms. The van der Waals surface area contributed by atoms with E-state index in [4.69, 9.17) is 9.05 Å². The average Bonchev–Trinajstić information content (AvgIpc) is 3.17. The van der Waals surface area contributed by atoms with E-state index >= 15 is 0 Å². The molecule has 0 saturated heterocycles. The Balaban J connectivity index is 1.55. The average molecular weight is 566 g/mol. The molecule has 9 nitrogen and oxygen atoms in total. The number of hydrogen-bond donors (Lipinski definition) is 4. The van der Waals surface area contributed by atoms with Gasteiger partial charge in [-0.1, -0.05) is 31.9 Å². The molecule has 2 atom stereocenters. The molecule has 2 aromatic carbocycles. The number of rotatable bonds is 6. The van der Waals surface area contributed by atoms with Crippen molar-refractivity contribution in [3.8, 4) is 11.5 Å². The third-order valence-corrected chi connectivity index (χ3v) is 7.34. The van der Waals surface area contributed by atoms with Gasteiger partial charge in [0.1, 0.15) is 0 Å². The van der Waals surface area contributed by atoms with Gasteiger partial charge in [0, 0.05) is 43.1 Å². The third-order valence-electron chi connectivity index (χ3n) is 3.85. The molecule has 4 N–H and O–H groups in total. The molecule has 152 valence electrons. The van der Waals surface area contributed by atoms with Gasteiger partial charge >= 0.3 is 15.6 Å². The smallest absolute Gasteiger partial charge is 0.402 e. The lowest BCUT2D eigenvalue weighted by atomic mass is 10.2. The summed E-state index contributed by atoms with van der Waals surface area (Å²) in [7, 11) is -10.0. The van der Waals surface area contributed by atoms with E-state index in [-0.39, 0.29) is 11.5 Å². The number of fused-ring (bicyclic) bond motifs is 2. The number of phosphoric acid groups is 2. The van der Waals surface area contributed by atoms with Gasteiger partial charge in [0.05, 0.1) is 0 Å². The van der Waals surface area contributed by atoms with E-state index in [2.05, 4.69) is 46.1 Å². The second kappa shape index (κ2) is 7.59. The second-order valence-corrected chi connectivity index (χ2v) is 10.6. The lowest BCUT2D eigenvalue weighted by Crippen LogP contribution is -2.00. The number of H-pyrrole nitrogens is 2. The summed E-state index contributed by atoms with van der Waals surface area (Å²) in [5, 5.41) is 0.958. The van der Waals surface area contributed by atoms with Crippen molar-refractivity contribution in [1.29, 1.82) is 0 Å². The summed E-state index contributed by atoms with van der Waals surface area (Å²) in [5.41, 5.74) is 1.27. The Labute approximate surface area is 180 Å². The fourth-order valence-electron chi connectivity index (χ4n) is 2.70. The van der Waals surface area contributed by atoms with Crippen LogP contribution in [-0.2, 0) is 13.4 Å². The summed E-state index contributed by atoms with van der Waals surface area (Å²) >= 11 is 6.59. The molecular weight excluding hydrogens is 554 g/mol. The molecule has 0 fully saturated rings. The summed E-state index contributed by atoms with van der Waals surface area (Å²) in [6.45, 7) is 0. The van der Waals surface area contributed by atoms with E-state index in [0.717, 1.165) is 0 Å². The Bertz CT molecular complexity index is 1220. The van der Waals surface area contributed by atoms with Gasteiger partial charge in [0.25, 0.3) is 0 Å². The zero-order valence-electron chi connectivity index (χ0n) is 14.2. The first-order valence-electron chi connectivity index (χ1n) is 7.91. The summed E-state index contributed by atoms with van der Waals surface area (Å²) in [6.07, 6.45) is 2.67. The van der Waals surface area contributed by atoms with Gasteiger partial charge in [0.15, 0.2) is 11.5 Å². The molecule has 0 aliphatic carbocycles. The van der Waals surface area contributed by atoms with E-state index in [1.165, 1.54) is 12.4 Å². The van der Waals surface area contributed by atoms with E-state index in [0.29, 0.717) is 30.8 Å². The Morgan fingerprint density at radius 2 is 1.17 bits per heavy atom. The second-order valence-electron chi connectivity index (χ2n) is 5.89. The van der Waals surface area contributed by atoms with Crippen LogP contribution in [0.25, 0.3) is 21.8 Å². The molecule has 2 heterocycles. The predicted molar refractivity (Wildman–Crippen MR) is 114 cm³/mol. The SMILES string of the molecule is O=P(O)(Oc1c[nH]c2ccc(Br)cc12)OP(=O)(O)Oc1c[nH]c2ccc(Br)cc12. The van der Waals surface area contributed by atoms with Crippen LogP contribution in [0.15, 0.2) is 57.7 Å². The fourth-order valence-corrected chi connectivity index (χ4v) is 5.53. The summed E-state index contributed by atoms with van der Waals surface area (Å²) < 4.78 is 40.5. The topological polar surface area (TPSA) is 134 Å². The highest BCUT2D eigenvalue weighted by Gasteiger charge is 2.38. The van der Waals surface area contributed by atoms with Crippen LogP contribution in [0.2, 0.25) is 0 Å². The van der Waals surface area contributed by atoms with Crippen molar-refractivity contribution in [2.45, 2.75) is 0 Å². The Morgan fingerprint density at radius 3 is 1.59 bits per heavy atom. The molecule has 0 amide bonds. The van der Waals surface area contributed by atoms with Crippen molar-refractivity contribution in [3.63, 3.8) is 0 Å². The molecule has 4 rings (SSSR count). The van der Waals surface area contributed by atoms with Crippen molar-refractivity contribution in [1.82, 2.24) is 9.97 Å². The fraction of sp³-hybridized carbons (Fsp3) is 0. The number of nitrogens with one attached hydrogen (secondary N) is 2. The van der Waals surface area contributed by atoms with Gasteiger partial charge in [-0.3, -0.25) is 9.79 Å². The van der Waals surface area contributed by atoms with Gasteiger partial charge in [-0.25, -0.2) is 9.13 Å². The lowest BCUT2D eigenvalue weighted by molar-refractivity contribution is 0.235. The van der Waals surface area contributed by atoms with Crippen LogP contribution >= 0.6 is 47.5 Å². The molecule has 2 unspecified atom stereocenters. The zero-order valence-corrected chi connectivity index (χ0v) is 19.2. The van der Waals surface area contributed by atoms with Crippen LogP contribution in [0, 0.1) is 0 Å². The number of aromatic amines is 2. The molecule has 29 heavy (non-hydrogen) atoms. The maximum absolute atomic E-state index is 12.3. The first-order chi connectivity index (χ1) is 13.6. The minimum Gasteiger partial charge on any atom is -0.402 e. The van der Waals surface area contributed by atoms with Crippen LogP contribution < -0.4 is 9.05 Å². The van der Waals surface area contributed by atoms with Crippen LogP contribution in [0.3, 0.4) is 0 Å². The standard InChI is InChI=1S/C16H12Br2N2O7P2/c17-9-1-3-13-11(5-9)15(7-19-13)25-28(21,22)27-29(23,24)26-16-8-20-14-4-2-10(18)6-12(14)16/h1-8,19-20H,(H,21,22)(H,23,24). The predicted octanol–water partition coefficient (Wildman–Crippen LogP) is 5.85. The Hall–Kier alpha value is -1.58. The number of aromatic nitrogens is 2. The van der Waals surface area contributed by atoms with Crippen molar-refractivity contribution < 1.29 is 32.3 Å². The Kier molecular flexibility index (Phi) is 5.41. The van der Waals surface area contributed by atoms with Gasteiger partial charge in [-0.15, -0.1) is 0 Å². The quantitative estimate of drug-likeness (QED) is 0.215. The van der Waals surface area contributed by atoms with Gasteiger partial charge in [-0.2, -0.15) is 4.31 Å². The van der Waals surface area contributed by atoms with Crippen LogP contribution in [0.4, 0.5) is 0 Å². The highest BCUT2D eigenvalue weighted by atomic mass is 79.9. The normalized spacial score (nSPS) is 15.9. The molecule has 0 aliphatic rings. The maximum Gasteiger partial charge on any atom is 0.537 e.